The molecule has 0 fully saturated rings. The van der Waals surface area contributed by atoms with E-state index in [1.807, 2.05) is 0 Å². The molecule has 0 amide bonds. The summed E-state index contributed by atoms with van der Waals surface area (Å²) in [5.74, 6) is -1.36. The van der Waals surface area contributed by atoms with Crippen LogP contribution in [-0.2, 0) is 15.9 Å². The van der Waals surface area contributed by atoms with Crippen LogP contribution in [0.4, 0.5) is 17.6 Å². The van der Waals surface area contributed by atoms with E-state index >= 15 is 0 Å². The standard InChI is InChI=1S/C11H10F4N2O2/c1-18-16-6-10(17-19-2)7-3-4-9(12)8(5-7)11(13,14)15/h3-6H,1-2H3. The molecule has 0 aliphatic carbocycles. The fourth-order valence-corrected chi connectivity index (χ4v) is 1.25. The van der Waals surface area contributed by atoms with E-state index in [1.54, 1.807) is 0 Å². The number of alkyl halides is 3. The Morgan fingerprint density at radius 1 is 1.21 bits per heavy atom. The van der Waals surface area contributed by atoms with E-state index in [-0.39, 0.29) is 11.3 Å². The van der Waals surface area contributed by atoms with Crippen LogP contribution in [0.25, 0.3) is 0 Å². The molecule has 0 aliphatic heterocycles. The van der Waals surface area contributed by atoms with Crippen LogP contribution in [0.2, 0.25) is 0 Å². The largest absolute Gasteiger partial charge is 0.419 e. The summed E-state index contributed by atoms with van der Waals surface area (Å²) in [5, 5.41) is 6.85. The molecule has 0 atom stereocenters. The Morgan fingerprint density at radius 3 is 2.42 bits per heavy atom. The molecule has 104 valence electrons. The normalized spacial score (nSPS) is 12.8. The van der Waals surface area contributed by atoms with Gasteiger partial charge in [-0.05, 0) is 18.2 Å². The van der Waals surface area contributed by atoms with Gasteiger partial charge in [-0.3, -0.25) is 0 Å². The van der Waals surface area contributed by atoms with Gasteiger partial charge in [-0.1, -0.05) is 10.3 Å². The van der Waals surface area contributed by atoms with E-state index in [0.29, 0.717) is 12.1 Å². The third kappa shape index (κ3) is 3.94. The molecule has 1 aromatic carbocycles. The second-order valence-electron chi connectivity index (χ2n) is 3.27. The van der Waals surface area contributed by atoms with E-state index in [1.165, 1.54) is 14.2 Å². The second-order valence-corrected chi connectivity index (χ2v) is 3.27. The third-order valence-corrected chi connectivity index (χ3v) is 2.04. The molecule has 0 saturated carbocycles. The number of hydrogen-bond acceptors (Lipinski definition) is 4. The Kier molecular flexibility index (Phi) is 4.85. The lowest BCUT2D eigenvalue weighted by Gasteiger charge is -2.09. The van der Waals surface area contributed by atoms with Crippen LogP contribution >= 0.6 is 0 Å². The van der Waals surface area contributed by atoms with E-state index < -0.39 is 17.6 Å². The molecule has 0 radical (unpaired) electrons. The van der Waals surface area contributed by atoms with E-state index in [2.05, 4.69) is 20.0 Å². The summed E-state index contributed by atoms with van der Waals surface area (Å²) in [6.45, 7) is 0. The molecule has 1 aromatic rings. The van der Waals surface area contributed by atoms with Crippen LogP contribution in [-0.4, -0.2) is 26.1 Å². The predicted octanol–water partition coefficient (Wildman–Crippen LogP) is 2.83. The minimum atomic E-state index is -4.79. The summed E-state index contributed by atoms with van der Waals surface area (Å²) in [5.41, 5.74) is -1.43. The highest BCUT2D eigenvalue weighted by Gasteiger charge is 2.34. The summed E-state index contributed by atoms with van der Waals surface area (Å²) in [4.78, 5) is 8.88. The zero-order valence-electron chi connectivity index (χ0n) is 10.0. The topological polar surface area (TPSA) is 43.2 Å². The fraction of sp³-hybridized carbons (Fsp3) is 0.273. The van der Waals surface area contributed by atoms with Gasteiger partial charge in [0.25, 0.3) is 0 Å². The summed E-state index contributed by atoms with van der Waals surface area (Å²) >= 11 is 0. The molecule has 0 heterocycles. The quantitative estimate of drug-likeness (QED) is 0.483. The van der Waals surface area contributed by atoms with Crippen molar-refractivity contribution in [2.45, 2.75) is 6.18 Å². The van der Waals surface area contributed by atoms with Crippen molar-refractivity contribution in [2.75, 3.05) is 14.2 Å². The minimum Gasteiger partial charge on any atom is -0.399 e. The first kappa shape index (κ1) is 14.9. The lowest BCUT2D eigenvalue weighted by Crippen LogP contribution is -2.11. The number of hydrogen-bond donors (Lipinski definition) is 0. The van der Waals surface area contributed by atoms with Crippen LogP contribution in [0.1, 0.15) is 11.1 Å². The first-order valence-corrected chi connectivity index (χ1v) is 4.95. The summed E-state index contributed by atoms with van der Waals surface area (Å²) < 4.78 is 50.8. The highest BCUT2D eigenvalue weighted by atomic mass is 19.4. The first-order valence-electron chi connectivity index (χ1n) is 4.95. The molecule has 0 bridgehead atoms. The fourth-order valence-electron chi connectivity index (χ4n) is 1.25. The van der Waals surface area contributed by atoms with E-state index in [9.17, 15) is 17.6 Å². The van der Waals surface area contributed by atoms with Gasteiger partial charge in [0.05, 0.1) is 11.8 Å². The SMILES string of the molecule is CON=CC(=NOC)c1ccc(F)c(C(F)(F)F)c1. The minimum absolute atomic E-state index is 0.00336. The maximum absolute atomic E-state index is 13.1. The number of halogens is 4. The molecule has 19 heavy (non-hydrogen) atoms. The maximum atomic E-state index is 13.1. The van der Waals surface area contributed by atoms with Crippen LogP contribution in [0.3, 0.4) is 0 Å². The highest BCUT2D eigenvalue weighted by Crippen LogP contribution is 2.31. The monoisotopic (exact) mass is 278 g/mol. The van der Waals surface area contributed by atoms with Crippen molar-refractivity contribution in [1.29, 1.82) is 0 Å². The van der Waals surface area contributed by atoms with Crippen LogP contribution < -0.4 is 0 Å². The summed E-state index contributed by atoms with van der Waals surface area (Å²) in [6, 6.07) is 2.45. The molecule has 0 aliphatic rings. The molecule has 4 nitrogen and oxygen atoms in total. The average molecular weight is 278 g/mol. The predicted molar refractivity (Wildman–Crippen MR) is 60.4 cm³/mol. The van der Waals surface area contributed by atoms with Crippen molar-refractivity contribution in [1.82, 2.24) is 0 Å². The van der Waals surface area contributed by atoms with Gasteiger partial charge in [-0.25, -0.2) is 4.39 Å². The third-order valence-electron chi connectivity index (χ3n) is 2.04. The van der Waals surface area contributed by atoms with Crippen molar-refractivity contribution in [3.63, 3.8) is 0 Å². The van der Waals surface area contributed by atoms with Gasteiger partial charge in [0, 0.05) is 5.56 Å². The Morgan fingerprint density at radius 2 is 1.89 bits per heavy atom. The Balaban J connectivity index is 3.26. The van der Waals surface area contributed by atoms with Crippen molar-refractivity contribution in [3.05, 3.63) is 35.1 Å². The first-order chi connectivity index (χ1) is 8.90. The maximum Gasteiger partial charge on any atom is 0.419 e. The van der Waals surface area contributed by atoms with Crippen molar-refractivity contribution < 1.29 is 27.2 Å². The Labute approximate surface area is 106 Å². The Hall–Kier alpha value is -2.12. The number of nitrogens with zero attached hydrogens (tertiary/aromatic N) is 2. The number of oxime groups is 2. The lowest BCUT2D eigenvalue weighted by molar-refractivity contribution is -0.140. The van der Waals surface area contributed by atoms with E-state index in [4.69, 9.17) is 0 Å². The molecular weight excluding hydrogens is 268 g/mol. The van der Waals surface area contributed by atoms with Crippen molar-refractivity contribution >= 4 is 11.9 Å². The molecule has 0 aromatic heterocycles. The molecule has 0 spiro atoms. The van der Waals surface area contributed by atoms with Gasteiger partial charge in [0.2, 0.25) is 0 Å². The zero-order valence-corrected chi connectivity index (χ0v) is 10.0. The van der Waals surface area contributed by atoms with Gasteiger partial charge >= 0.3 is 6.18 Å². The summed E-state index contributed by atoms with van der Waals surface area (Å²) in [6.07, 6.45) is -3.74. The van der Waals surface area contributed by atoms with Crippen LogP contribution in [0.5, 0.6) is 0 Å². The molecule has 0 unspecified atom stereocenters. The van der Waals surface area contributed by atoms with E-state index in [0.717, 1.165) is 12.3 Å². The molecular formula is C11H10F4N2O2. The Bertz CT molecular complexity index is 498. The summed E-state index contributed by atoms with van der Waals surface area (Å²) in [7, 11) is 2.47. The molecule has 0 N–H and O–H groups in total. The number of rotatable bonds is 4. The van der Waals surface area contributed by atoms with Gasteiger partial charge in [-0.2, -0.15) is 13.2 Å². The van der Waals surface area contributed by atoms with Gasteiger partial charge in [0.15, 0.2) is 0 Å². The van der Waals surface area contributed by atoms with Gasteiger partial charge in [0.1, 0.15) is 25.7 Å². The average Bonchev–Trinajstić information content (AvgIpc) is 2.34. The number of benzene rings is 1. The molecule has 8 heteroatoms. The van der Waals surface area contributed by atoms with Crippen LogP contribution in [0.15, 0.2) is 28.5 Å². The lowest BCUT2D eigenvalue weighted by atomic mass is 10.1. The van der Waals surface area contributed by atoms with Crippen molar-refractivity contribution in [2.24, 2.45) is 10.3 Å². The van der Waals surface area contributed by atoms with Gasteiger partial charge < -0.3 is 9.68 Å². The molecule has 1 rings (SSSR count). The second kappa shape index (κ2) is 6.17. The smallest absolute Gasteiger partial charge is 0.399 e. The van der Waals surface area contributed by atoms with Crippen LogP contribution in [0, 0.1) is 5.82 Å². The zero-order chi connectivity index (χ0) is 14.5. The van der Waals surface area contributed by atoms with Gasteiger partial charge in [-0.15, -0.1) is 0 Å². The molecule has 0 saturated heterocycles. The highest BCUT2D eigenvalue weighted by molar-refractivity contribution is 6.37. The van der Waals surface area contributed by atoms with Crippen molar-refractivity contribution in [3.8, 4) is 0 Å².